The van der Waals surface area contributed by atoms with Crippen molar-refractivity contribution in [3.05, 3.63) is 38.0 Å². The van der Waals surface area contributed by atoms with Crippen LogP contribution in [0.4, 0.5) is 0 Å². The summed E-state index contributed by atoms with van der Waals surface area (Å²) in [4.78, 5) is 8.95. The number of hydrogen-bond acceptors (Lipinski definition) is 3. The first kappa shape index (κ1) is 33.0. The van der Waals surface area contributed by atoms with Gasteiger partial charge in [0.2, 0.25) is 0 Å². The maximum absolute atomic E-state index is 9.60. The van der Waals surface area contributed by atoms with Gasteiger partial charge in [-0.15, -0.1) is 19.7 Å². The monoisotopic (exact) mass is 380 g/mol. The van der Waals surface area contributed by atoms with Gasteiger partial charge in [0.05, 0.1) is 13.2 Å². The van der Waals surface area contributed by atoms with Crippen LogP contribution in [0.15, 0.2) is 38.0 Å². The SMILES string of the molecule is C=CCCCCC.C=CCCCCC(O)CCCCC=C.COC=O.[H-].[H-].[Mg+2]. The summed E-state index contributed by atoms with van der Waals surface area (Å²) >= 11 is 0. The van der Waals surface area contributed by atoms with E-state index < -0.39 is 0 Å². The van der Waals surface area contributed by atoms with E-state index in [0.717, 1.165) is 51.4 Å². The van der Waals surface area contributed by atoms with Crippen molar-refractivity contribution < 1.29 is 17.5 Å². The quantitative estimate of drug-likeness (QED) is 0.158. The third-order valence-corrected chi connectivity index (χ3v) is 3.50. The predicted octanol–water partition coefficient (Wildman–Crippen LogP) is 6.23. The number of carbonyl (C=O) groups is 1. The molecule has 4 heteroatoms. The molecule has 0 amide bonds. The molecule has 152 valence electrons. The van der Waals surface area contributed by atoms with Gasteiger partial charge in [0.1, 0.15) is 0 Å². The summed E-state index contributed by atoms with van der Waals surface area (Å²) < 4.78 is 3.86. The van der Waals surface area contributed by atoms with Gasteiger partial charge in [-0.05, 0) is 51.4 Å². The molecule has 0 unspecified atom stereocenters. The fourth-order valence-corrected chi connectivity index (χ4v) is 2.02. The van der Waals surface area contributed by atoms with Gasteiger partial charge >= 0.3 is 23.1 Å². The number of methoxy groups -OCH3 is 1. The number of unbranched alkanes of at least 4 members (excludes halogenated alkanes) is 7. The number of aliphatic hydroxyl groups excluding tert-OH is 1. The smallest absolute Gasteiger partial charge is 1.00 e. The van der Waals surface area contributed by atoms with E-state index in [1.807, 2.05) is 18.2 Å². The van der Waals surface area contributed by atoms with E-state index in [2.05, 4.69) is 31.4 Å². The van der Waals surface area contributed by atoms with Crippen LogP contribution >= 0.6 is 0 Å². The number of ether oxygens (including phenoxy) is 1. The molecule has 0 aliphatic heterocycles. The van der Waals surface area contributed by atoms with Gasteiger partial charge in [-0.3, -0.25) is 4.79 Å². The van der Waals surface area contributed by atoms with Crippen LogP contribution in [-0.4, -0.2) is 47.8 Å². The minimum absolute atomic E-state index is 0. The number of rotatable bonds is 15. The normalized spacial score (nSPS) is 8.77. The summed E-state index contributed by atoms with van der Waals surface area (Å²) in [5.74, 6) is 0. The van der Waals surface area contributed by atoms with Crippen LogP contribution in [0.5, 0.6) is 0 Å². The zero-order valence-corrected chi connectivity index (χ0v) is 18.9. The molecule has 1 N–H and O–H groups in total. The van der Waals surface area contributed by atoms with Crippen LogP contribution in [0.1, 0.15) is 86.8 Å². The van der Waals surface area contributed by atoms with E-state index in [1.165, 1.54) is 32.8 Å². The summed E-state index contributed by atoms with van der Waals surface area (Å²) in [7, 11) is 1.31. The Hall–Kier alpha value is -0.584. The van der Waals surface area contributed by atoms with Crippen LogP contribution in [0.3, 0.4) is 0 Å². The summed E-state index contributed by atoms with van der Waals surface area (Å²) in [5.41, 5.74) is 0. The summed E-state index contributed by atoms with van der Waals surface area (Å²) in [6.07, 6.45) is 19.5. The molecular formula is C22H44MgO3. The molecule has 0 aliphatic carbocycles. The van der Waals surface area contributed by atoms with Crippen molar-refractivity contribution in [2.75, 3.05) is 7.11 Å². The fourth-order valence-electron chi connectivity index (χ4n) is 2.02. The molecule has 0 radical (unpaired) electrons. The van der Waals surface area contributed by atoms with Crippen LogP contribution in [-0.2, 0) is 9.53 Å². The molecule has 0 bridgehead atoms. The molecule has 3 nitrogen and oxygen atoms in total. The summed E-state index contributed by atoms with van der Waals surface area (Å²) in [6, 6.07) is 0. The van der Waals surface area contributed by atoms with Gasteiger partial charge in [-0.1, -0.05) is 50.8 Å². The molecule has 0 spiro atoms. The Morgan fingerprint density at radius 2 is 1.23 bits per heavy atom. The van der Waals surface area contributed by atoms with Crippen LogP contribution < -0.4 is 0 Å². The first-order valence-corrected chi connectivity index (χ1v) is 9.61. The van der Waals surface area contributed by atoms with Crippen LogP contribution in [0.25, 0.3) is 0 Å². The third-order valence-electron chi connectivity index (χ3n) is 3.50. The average Bonchev–Trinajstić information content (AvgIpc) is 2.63. The van der Waals surface area contributed by atoms with Gasteiger partial charge < -0.3 is 12.7 Å². The number of hydrogen-bond donors (Lipinski definition) is 1. The molecule has 0 atom stereocenters. The van der Waals surface area contributed by atoms with Gasteiger partial charge in [-0.2, -0.15) is 0 Å². The Balaban J connectivity index is -0.0000000737. The second-order valence-corrected chi connectivity index (χ2v) is 5.92. The molecule has 0 saturated carbocycles. The molecule has 26 heavy (non-hydrogen) atoms. The van der Waals surface area contributed by atoms with Crippen molar-refractivity contribution >= 4 is 29.5 Å². The topological polar surface area (TPSA) is 46.5 Å². The molecule has 0 saturated heterocycles. The Morgan fingerprint density at radius 3 is 1.50 bits per heavy atom. The van der Waals surface area contributed by atoms with Gasteiger partial charge in [0.15, 0.2) is 0 Å². The molecule has 0 aromatic heterocycles. The Bertz CT molecular complexity index is 275. The Kier molecular flexibility index (Phi) is 45.1. The van der Waals surface area contributed by atoms with Crippen molar-refractivity contribution in [1.82, 2.24) is 0 Å². The third kappa shape index (κ3) is 43.7. The first-order chi connectivity index (χ1) is 12.1. The Morgan fingerprint density at radius 1 is 0.885 bits per heavy atom. The number of carbonyl (C=O) groups excluding carboxylic acids is 1. The van der Waals surface area contributed by atoms with E-state index in [-0.39, 0.29) is 32.0 Å². The number of allylic oxidation sites excluding steroid dienone is 3. The van der Waals surface area contributed by atoms with Crippen molar-refractivity contribution in [2.24, 2.45) is 0 Å². The first-order valence-electron chi connectivity index (χ1n) is 9.61. The van der Waals surface area contributed by atoms with E-state index in [0.29, 0.717) is 6.47 Å². The minimum Gasteiger partial charge on any atom is -1.00 e. The van der Waals surface area contributed by atoms with Gasteiger partial charge in [0, 0.05) is 0 Å². The van der Waals surface area contributed by atoms with Crippen LogP contribution in [0, 0.1) is 0 Å². The molecular weight excluding hydrogens is 337 g/mol. The summed E-state index contributed by atoms with van der Waals surface area (Å²) in [6.45, 7) is 13.6. The molecule has 0 aromatic rings. The van der Waals surface area contributed by atoms with E-state index >= 15 is 0 Å². The van der Waals surface area contributed by atoms with E-state index in [9.17, 15) is 5.11 Å². The molecule has 0 aromatic carbocycles. The molecule has 0 rings (SSSR count). The summed E-state index contributed by atoms with van der Waals surface area (Å²) in [5, 5.41) is 9.60. The van der Waals surface area contributed by atoms with Crippen molar-refractivity contribution in [3.63, 3.8) is 0 Å². The minimum atomic E-state index is -0.0929. The predicted molar refractivity (Wildman–Crippen MR) is 119 cm³/mol. The average molecular weight is 381 g/mol. The maximum atomic E-state index is 9.60. The van der Waals surface area contributed by atoms with Crippen molar-refractivity contribution in [3.8, 4) is 0 Å². The molecule has 0 fully saturated rings. The van der Waals surface area contributed by atoms with Gasteiger partial charge in [-0.25, -0.2) is 0 Å². The van der Waals surface area contributed by atoms with Crippen LogP contribution in [0.2, 0.25) is 0 Å². The van der Waals surface area contributed by atoms with Gasteiger partial charge in [0.25, 0.3) is 6.47 Å². The van der Waals surface area contributed by atoms with Crippen molar-refractivity contribution in [2.45, 2.75) is 90.1 Å². The standard InChI is InChI=1S/C13H24O.C7H14.C2H4O2.Mg.2H/c1-3-5-7-9-11-13(14)12-10-8-6-4-2;1-3-5-7-6-4-2;1-4-2-3;;;/h3-4,13-14H,1-2,5-12H2;3H,1,4-7H2,2H3;2H,1H3;;;/q;;;+2;2*-1. The maximum Gasteiger partial charge on any atom is 2.00 e. The van der Waals surface area contributed by atoms with E-state index in [4.69, 9.17) is 4.79 Å². The fraction of sp³-hybridized carbons (Fsp3) is 0.682. The number of aliphatic hydroxyl groups is 1. The van der Waals surface area contributed by atoms with E-state index in [1.54, 1.807) is 0 Å². The zero-order valence-electron chi connectivity index (χ0n) is 19.5. The molecule has 0 heterocycles. The largest absolute Gasteiger partial charge is 2.00 e. The Labute approximate surface area is 182 Å². The zero-order chi connectivity index (χ0) is 19.6. The van der Waals surface area contributed by atoms with Crippen molar-refractivity contribution in [1.29, 1.82) is 0 Å². The molecule has 0 aliphatic rings. The second-order valence-electron chi connectivity index (χ2n) is 5.92. The second kappa shape index (κ2) is 35.5.